The van der Waals surface area contributed by atoms with Crippen molar-refractivity contribution in [2.24, 2.45) is 0 Å². The van der Waals surface area contributed by atoms with Gasteiger partial charge in [0, 0.05) is 0 Å². The second-order valence-corrected chi connectivity index (χ2v) is 7.06. The molecule has 1 aliphatic rings. The number of barbiturate groups is 1. The fourth-order valence-corrected chi connectivity index (χ4v) is 3.25. The number of para-hydroxylation sites is 1. The molecule has 0 spiro atoms. The minimum atomic E-state index is -1.19. The molecule has 4 rings (SSSR count). The summed E-state index contributed by atoms with van der Waals surface area (Å²) in [7, 11) is 1.42. The maximum absolute atomic E-state index is 12.9. The molecule has 0 unspecified atom stereocenters. The lowest BCUT2D eigenvalue weighted by Gasteiger charge is -2.26. The molecule has 172 valence electrons. The van der Waals surface area contributed by atoms with Crippen molar-refractivity contribution in [3.63, 3.8) is 0 Å². The van der Waals surface area contributed by atoms with Gasteiger partial charge >= 0.3 is 12.0 Å². The summed E-state index contributed by atoms with van der Waals surface area (Å²) in [5.41, 5.74) is 0.556. The molecule has 0 bridgehead atoms. The lowest BCUT2D eigenvalue weighted by Crippen LogP contribution is -2.54. The van der Waals surface area contributed by atoms with Crippen LogP contribution in [0.5, 0.6) is 11.5 Å². The Morgan fingerprint density at radius 3 is 2.50 bits per heavy atom. The molecule has 10 heteroatoms. The quantitative estimate of drug-likeness (QED) is 0.404. The maximum Gasteiger partial charge on any atom is 0.371 e. The Morgan fingerprint density at radius 1 is 1.06 bits per heavy atom. The Bertz CT molecular complexity index is 1310. The van der Waals surface area contributed by atoms with Crippen LogP contribution in [0.3, 0.4) is 0 Å². The van der Waals surface area contributed by atoms with E-state index in [1.165, 1.54) is 25.3 Å². The van der Waals surface area contributed by atoms with Crippen molar-refractivity contribution in [1.29, 1.82) is 0 Å². The Hall–Kier alpha value is -4.86. The largest absolute Gasteiger partial charge is 0.493 e. The number of carbonyl (C=O) groups excluding carboxylic acids is 3. The summed E-state index contributed by atoms with van der Waals surface area (Å²) >= 11 is 0. The average molecular weight is 462 g/mol. The topological polar surface area (TPSA) is 135 Å². The number of anilines is 1. The molecule has 1 aromatic heterocycles. The van der Waals surface area contributed by atoms with Crippen LogP contribution in [0, 0.1) is 0 Å². The zero-order valence-corrected chi connectivity index (χ0v) is 17.8. The van der Waals surface area contributed by atoms with E-state index in [2.05, 4.69) is 5.32 Å². The highest BCUT2D eigenvalue weighted by molar-refractivity contribution is 6.39. The van der Waals surface area contributed by atoms with Gasteiger partial charge in [0.25, 0.3) is 11.8 Å². The van der Waals surface area contributed by atoms with Gasteiger partial charge in [0.1, 0.15) is 17.9 Å². The number of hydrogen-bond acceptors (Lipinski definition) is 7. The van der Waals surface area contributed by atoms with Crippen LogP contribution in [-0.2, 0) is 16.2 Å². The molecule has 0 radical (unpaired) electrons. The average Bonchev–Trinajstić information content (AvgIpc) is 3.31. The molecule has 2 heterocycles. The van der Waals surface area contributed by atoms with Crippen LogP contribution < -0.4 is 19.7 Å². The number of nitrogens with zero attached hydrogens (tertiary/aromatic N) is 1. The third-order valence-corrected chi connectivity index (χ3v) is 4.86. The Balaban J connectivity index is 1.56. The zero-order valence-electron chi connectivity index (χ0n) is 17.8. The molecule has 10 nitrogen and oxygen atoms in total. The van der Waals surface area contributed by atoms with Gasteiger partial charge in [-0.05, 0) is 48.0 Å². The van der Waals surface area contributed by atoms with E-state index in [1.807, 2.05) is 0 Å². The smallest absolute Gasteiger partial charge is 0.371 e. The van der Waals surface area contributed by atoms with Crippen LogP contribution in [0.2, 0.25) is 0 Å². The normalized spacial score (nSPS) is 14.8. The summed E-state index contributed by atoms with van der Waals surface area (Å²) in [4.78, 5) is 49.4. The fraction of sp³-hybridized carbons (Fsp3) is 0.0833. The molecular weight excluding hydrogens is 444 g/mol. The predicted octanol–water partition coefficient (Wildman–Crippen LogP) is 3.23. The van der Waals surface area contributed by atoms with Crippen LogP contribution in [0.4, 0.5) is 10.5 Å². The van der Waals surface area contributed by atoms with Crippen molar-refractivity contribution >= 4 is 35.6 Å². The van der Waals surface area contributed by atoms with E-state index in [4.69, 9.17) is 19.0 Å². The number of carbonyl (C=O) groups is 4. The van der Waals surface area contributed by atoms with Crippen molar-refractivity contribution in [3.05, 3.63) is 83.3 Å². The highest BCUT2D eigenvalue weighted by Crippen LogP contribution is 2.30. The standard InChI is InChI=1S/C24H18N2O8/c1-32-20-12-14(7-9-18(20)33-13-16-8-10-19(34-16)23(29)30)11-17-21(27)25-24(31)26(22(17)28)15-5-3-2-4-6-15/h2-12H,13H2,1H3,(H,29,30)(H,25,27,31). The summed E-state index contributed by atoms with van der Waals surface area (Å²) in [5.74, 6) is -2.01. The summed E-state index contributed by atoms with van der Waals surface area (Å²) in [6.45, 7) is -0.0425. The van der Waals surface area contributed by atoms with Crippen molar-refractivity contribution in [1.82, 2.24) is 5.32 Å². The van der Waals surface area contributed by atoms with Gasteiger partial charge in [-0.15, -0.1) is 0 Å². The number of ether oxygens (including phenoxy) is 2. The summed E-state index contributed by atoms with van der Waals surface area (Å²) in [6, 6.07) is 14.9. The number of amides is 4. The van der Waals surface area contributed by atoms with E-state index in [9.17, 15) is 19.2 Å². The molecule has 0 aliphatic carbocycles. The monoisotopic (exact) mass is 462 g/mol. The molecule has 0 atom stereocenters. The van der Waals surface area contributed by atoms with Gasteiger partial charge in [-0.2, -0.15) is 0 Å². The maximum atomic E-state index is 12.9. The number of rotatable bonds is 7. The number of urea groups is 1. The van der Waals surface area contributed by atoms with Gasteiger partial charge in [-0.1, -0.05) is 24.3 Å². The SMILES string of the molecule is COc1cc(C=C2C(=O)NC(=O)N(c3ccccc3)C2=O)ccc1OCc1ccc(C(=O)O)o1. The molecule has 1 saturated heterocycles. The van der Waals surface area contributed by atoms with Crippen LogP contribution in [0.1, 0.15) is 21.9 Å². The Kier molecular flexibility index (Phi) is 6.13. The first-order valence-electron chi connectivity index (χ1n) is 9.96. The lowest BCUT2D eigenvalue weighted by atomic mass is 10.1. The molecular formula is C24H18N2O8. The number of imide groups is 2. The molecule has 34 heavy (non-hydrogen) atoms. The molecule has 1 fully saturated rings. The molecule has 4 amide bonds. The Morgan fingerprint density at radius 2 is 1.82 bits per heavy atom. The predicted molar refractivity (Wildman–Crippen MR) is 118 cm³/mol. The van der Waals surface area contributed by atoms with E-state index in [1.54, 1.807) is 48.5 Å². The van der Waals surface area contributed by atoms with Gasteiger partial charge < -0.3 is 19.0 Å². The first-order chi connectivity index (χ1) is 16.4. The number of nitrogens with one attached hydrogen (secondary N) is 1. The van der Waals surface area contributed by atoms with Crippen LogP contribution in [0.25, 0.3) is 6.08 Å². The summed E-state index contributed by atoms with van der Waals surface area (Å²) in [5, 5.41) is 11.1. The zero-order chi connectivity index (χ0) is 24.2. The van der Waals surface area contributed by atoms with E-state index in [-0.39, 0.29) is 17.9 Å². The fourth-order valence-electron chi connectivity index (χ4n) is 3.25. The lowest BCUT2D eigenvalue weighted by molar-refractivity contribution is -0.122. The number of carboxylic acid groups (broad SMARTS) is 1. The summed E-state index contributed by atoms with van der Waals surface area (Å²) < 4.78 is 16.1. The van der Waals surface area contributed by atoms with Gasteiger partial charge in [0.15, 0.2) is 11.5 Å². The first kappa shape index (κ1) is 22.3. The minimum absolute atomic E-state index is 0.0425. The second kappa shape index (κ2) is 9.33. The van der Waals surface area contributed by atoms with Gasteiger partial charge in [0.05, 0.1) is 12.8 Å². The van der Waals surface area contributed by atoms with E-state index < -0.39 is 23.8 Å². The highest BCUT2D eigenvalue weighted by Gasteiger charge is 2.36. The molecule has 0 saturated carbocycles. The number of hydrogen-bond donors (Lipinski definition) is 2. The van der Waals surface area contributed by atoms with Crippen molar-refractivity contribution in [2.75, 3.05) is 12.0 Å². The molecule has 2 aromatic carbocycles. The molecule has 3 aromatic rings. The number of aromatic carboxylic acids is 1. The van der Waals surface area contributed by atoms with Crippen molar-refractivity contribution in [2.45, 2.75) is 6.61 Å². The third-order valence-electron chi connectivity index (χ3n) is 4.86. The number of methoxy groups -OCH3 is 1. The minimum Gasteiger partial charge on any atom is -0.493 e. The first-order valence-corrected chi connectivity index (χ1v) is 9.96. The van der Waals surface area contributed by atoms with E-state index in [0.29, 0.717) is 28.5 Å². The molecule has 1 aliphatic heterocycles. The Labute approximate surface area is 193 Å². The highest BCUT2D eigenvalue weighted by atomic mass is 16.5. The number of furan rings is 1. The van der Waals surface area contributed by atoms with Crippen LogP contribution >= 0.6 is 0 Å². The van der Waals surface area contributed by atoms with Crippen LogP contribution in [0.15, 0.2) is 70.7 Å². The van der Waals surface area contributed by atoms with Gasteiger partial charge in [-0.3, -0.25) is 14.9 Å². The number of carboxylic acids is 1. The second-order valence-electron chi connectivity index (χ2n) is 7.06. The third kappa shape index (κ3) is 4.51. The van der Waals surface area contributed by atoms with Crippen LogP contribution in [-0.4, -0.2) is 36.0 Å². The van der Waals surface area contributed by atoms with Gasteiger partial charge in [-0.25, -0.2) is 14.5 Å². The number of benzene rings is 2. The van der Waals surface area contributed by atoms with Crippen molar-refractivity contribution in [3.8, 4) is 11.5 Å². The van der Waals surface area contributed by atoms with E-state index >= 15 is 0 Å². The summed E-state index contributed by atoms with van der Waals surface area (Å²) in [6.07, 6.45) is 1.35. The van der Waals surface area contributed by atoms with Crippen molar-refractivity contribution < 1.29 is 38.2 Å². The van der Waals surface area contributed by atoms with Gasteiger partial charge in [0.2, 0.25) is 5.76 Å². The van der Waals surface area contributed by atoms with E-state index in [0.717, 1.165) is 4.90 Å². The molecule has 2 N–H and O–H groups in total.